The molecule has 0 aromatic rings. The molecule has 0 bridgehead atoms. The summed E-state index contributed by atoms with van der Waals surface area (Å²) in [5.74, 6) is 0.520. The van der Waals surface area contributed by atoms with Gasteiger partial charge in [0.2, 0.25) is 0 Å². The Morgan fingerprint density at radius 1 is 1.31 bits per heavy atom. The van der Waals surface area contributed by atoms with Crippen LogP contribution in [0.15, 0.2) is 12.7 Å². The van der Waals surface area contributed by atoms with Crippen molar-refractivity contribution in [3.05, 3.63) is 12.7 Å². The highest BCUT2D eigenvalue weighted by molar-refractivity contribution is 4.72. The van der Waals surface area contributed by atoms with Gasteiger partial charge in [-0.1, -0.05) is 19.9 Å². The van der Waals surface area contributed by atoms with Gasteiger partial charge in [-0.2, -0.15) is 0 Å². The molecular formula is C13H27NO2. The molecule has 0 radical (unpaired) electrons. The molecule has 2 N–H and O–H groups in total. The fourth-order valence-electron chi connectivity index (χ4n) is 1.31. The predicted octanol–water partition coefficient (Wildman–Crippen LogP) is 1.96. The van der Waals surface area contributed by atoms with Crippen molar-refractivity contribution in [2.24, 2.45) is 5.92 Å². The fraction of sp³-hybridized carbons (Fsp3) is 0.846. The van der Waals surface area contributed by atoms with Gasteiger partial charge in [0.25, 0.3) is 0 Å². The summed E-state index contributed by atoms with van der Waals surface area (Å²) in [6.45, 7) is 11.7. The lowest BCUT2D eigenvalue weighted by Gasteiger charge is -2.17. The van der Waals surface area contributed by atoms with Crippen LogP contribution in [-0.2, 0) is 4.74 Å². The maximum absolute atomic E-state index is 9.63. The molecule has 2 unspecified atom stereocenters. The van der Waals surface area contributed by atoms with Crippen LogP contribution in [0.1, 0.15) is 33.6 Å². The number of hydrogen-bond donors (Lipinski definition) is 2. The van der Waals surface area contributed by atoms with E-state index in [2.05, 4.69) is 32.7 Å². The van der Waals surface area contributed by atoms with Gasteiger partial charge in [-0.15, -0.1) is 6.58 Å². The summed E-state index contributed by atoms with van der Waals surface area (Å²) in [5, 5.41) is 12.9. The molecule has 0 saturated heterocycles. The smallest absolute Gasteiger partial charge is 0.0897 e. The molecule has 0 heterocycles. The van der Waals surface area contributed by atoms with Crippen LogP contribution in [0.2, 0.25) is 0 Å². The molecule has 0 saturated carbocycles. The first kappa shape index (κ1) is 15.6. The zero-order chi connectivity index (χ0) is 12.4. The van der Waals surface area contributed by atoms with Crippen molar-refractivity contribution in [2.45, 2.75) is 45.8 Å². The van der Waals surface area contributed by atoms with E-state index in [-0.39, 0.29) is 0 Å². The van der Waals surface area contributed by atoms with Crippen molar-refractivity contribution in [3.8, 4) is 0 Å². The van der Waals surface area contributed by atoms with Gasteiger partial charge < -0.3 is 15.2 Å². The maximum Gasteiger partial charge on any atom is 0.0897 e. The van der Waals surface area contributed by atoms with E-state index >= 15 is 0 Å². The first-order valence-electron chi connectivity index (χ1n) is 6.16. The standard InChI is InChI=1S/C13H27NO2/c1-5-6-7-12(4)14-8-13(15)10-16-9-11(2)3/h5,11-15H,1,6-10H2,2-4H3. The van der Waals surface area contributed by atoms with Gasteiger partial charge in [-0.3, -0.25) is 0 Å². The average molecular weight is 229 g/mol. The zero-order valence-electron chi connectivity index (χ0n) is 10.9. The van der Waals surface area contributed by atoms with Gasteiger partial charge in [0.05, 0.1) is 12.7 Å². The zero-order valence-corrected chi connectivity index (χ0v) is 10.9. The maximum atomic E-state index is 9.63. The molecule has 0 spiro atoms. The van der Waals surface area contributed by atoms with Crippen LogP contribution in [0.3, 0.4) is 0 Å². The summed E-state index contributed by atoms with van der Waals surface area (Å²) in [4.78, 5) is 0. The summed E-state index contributed by atoms with van der Waals surface area (Å²) >= 11 is 0. The summed E-state index contributed by atoms with van der Waals surface area (Å²) in [6, 6.07) is 0.415. The Morgan fingerprint density at radius 3 is 2.56 bits per heavy atom. The normalized spacial score (nSPS) is 15.1. The lowest BCUT2D eigenvalue weighted by Crippen LogP contribution is -2.36. The molecule has 3 heteroatoms. The van der Waals surface area contributed by atoms with Gasteiger partial charge in [0.1, 0.15) is 0 Å². The Balaban J connectivity index is 3.41. The Labute approximate surface area is 99.9 Å². The second-order valence-corrected chi connectivity index (χ2v) is 4.76. The second kappa shape index (κ2) is 9.82. The van der Waals surface area contributed by atoms with Gasteiger partial charge in [-0.05, 0) is 25.7 Å². The van der Waals surface area contributed by atoms with Gasteiger partial charge in [-0.25, -0.2) is 0 Å². The van der Waals surface area contributed by atoms with Crippen LogP contribution in [0.5, 0.6) is 0 Å². The minimum Gasteiger partial charge on any atom is -0.389 e. The van der Waals surface area contributed by atoms with Crippen molar-refractivity contribution in [3.63, 3.8) is 0 Å². The molecule has 0 aliphatic rings. The molecule has 0 aromatic heterocycles. The third-order valence-corrected chi connectivity index (χ3v) is 2.27. The summed E-state index contributed by atoms with van der Waals surface area (Å²) in [6.07, 6.45) is 3.57. The predicted molar refractivity (Wildman–Crippen MR) is 68.6 cm³/mol. The van der Waals surface area contributed by atoms with Crippen LogP contribution >= 0.6 is 0 Å². The van der Waals surface area contributed by atoms with E-state index in [1.807, 2.05) is 6.08 Å². The molecule has 0 aromatic carbocycles. The van der Waals surface area contributed by atoms with Crippen molar-refractivity contribution in [1.29, 1.82) is 0 Å². The third kappa shape index (κ3) is 10.1. The molecule has 0 rings (SSSR count). The molecule has 16 heavy (non-hydrogen) atoms. The van der Waals surface area contributed by atoms with E-state index < -0.39 is 6.10 Å². The summed E-state index contributed by atoms with van der Waals surface area (Å²) < 4.78 is 5.36. The fourth-order valence-corrected chi connectivity index (χ4v) is 1.31. The van der Waals surface area contributed by atoms with Gasteiger partial charge in [0, 0.05) is 19.2 Å². The van der Waals surface area contributed by atoms with E-state index in [0.29, 0.717) is 31.7 Å². The van der Waals surface area contributed by atoms with E-state index in [1.54, 1.807) is 0 Å². The first-order chi connectivity index (χ1) is 7.56. The largest absolute Gasteiger partial charge is 0.389 e. The molecular weight excluding hydrogens is 202 g/mol. The topological polar surface area (TPSA) is 41.5 Å². The van der Waals surface area contributed by atoms with Gasteiger partial charge >= 0.3 is 0 Å². The Bertz CT molecular complexity index is 171. The number of rotatable bonds is 10. The minimum absolute atomic E-state index is 0.412. The molecule has 0 amide bonds. The van der Waals surface area contributed by atoms with Gasteiger partial charge in [0.15, 0.2) is 0 Å². The van der Waals surface area contributed by atoms with E-state index in [1.165, 1.54) is 0 Å². The highest BCUT2D eigenvalue weighted by atomic mass is 16.5. The second-order valence-electron chi connectivity index (χ2n) is 4.76. The van der Waals surface area contributed by atoms with E-state index in [0.717, 1.165) is 12.8 Å². The number of allylic oxidation sites excluding steroid dienone is 1. The monoisotopic (exact) mass is 229 g/mol. The molecule has 2 atom stereocenters. The lowest BCUT2D eigenvalue weighted by molar-refractivity contribution is 0.0251. The number of nitrogens with one attached hydrogen (secondary N) is 1. The van der Waals surface area contributed by atoms with Crippen LogP contribution in [0.4, 0.5) is 0 Å². The third-order valence-electron chi connectivity index (χ3n) is 2.27. The number of aliphatic hydroxyl groups excluding tert-OH is 1. The van der Waals surface area contributed by atoms with Crippen molar-refractivity contribution in [1.82, 2.24) is 5.32 Å². The highest BCUT2D eigenvalue weighted by Gasteiger charge is 2.07. The van der Waals surface area contributed by atoms with Crippen LogP contribution in [0.25, 0.3) is 0 Å². The molecule has 96 valence electrons. The first-order valence-corrected chi connectivity index (χ1v) is 6.16. The quantitative estimate of drug-likeness (QED) is 0.563. The number of hydrogen-bond acceptors (Lipinski definition) is 3. The SMILES string of the molecule is C=CCCC(C)NCC(O)COCC(C)C. The van der Waals surface area contributed by atoms with Crippen LogP contribution < -0.4 is 5.32 Å². The van der Waals surface area contributed by atoms with Crippen molar-refractivity contribution in [2.75, 3.05) is 19.8 Å². The Hall–Kier alpha value is -0.380. The average Bonchev–Trinajstić information content (AvgIpc) is 2.23. The highest BCUT2D eigenvalue weighted by Crippen LogP contribution is 1.97. The Morgan fingerprint density at radius 2 is 2.00 bits per heavy atom. The van der Waals surface area contributed by atoms with Crippen molar-refractivity contribution < 1.29 is 9.84 Å². The molecule has 3 nitrogen and oxygen atoms in total. The van der Waals surface area contributed by atoms with Crippen LogP contribution in [0, 0.1) is 5.92 Å². The number of aliphatic hydroxyl groups is 1. The van der Waals surface area contributed by atoms with E-state index in [4.69, 9.17) is 4.74 Å². The summed E-state index contributed by atoms with van der Waals surface area (Å²) in [5.41, 5.74) is 0. The number of ether oxygens (including phenoxy) is 1. The molecule has 0 aliphatic carbocycles. The molecule has 0 aliphatic heterocycles. The Kier molecular flexibility index (Phi) is 9.59. The minimum atomic E-state index is -0.412. The van der Waals surface area contributed by atoms with Crippen molar-refractivity contribution >= 4 is 0 Å². The van der Waals surface area contributed by atoms with E-state index in [9.17, 15) is 5.11 Å². The van der Waals surface area contributed by atoms with Crippen LogP contribution in [-0.4, -0.2) is 37.0 Å². The molecule has 0 fully saturated rings. The lowest BCUT2D eigenvalue weighted by atomic mass is 10.2. The summed E-state index contributed by atoms with van der Waals surface area (Å²) in [7, 11) is 0.